The quantitative estimate of drug-likeness (QED) is 0.746. The lowest BCUT2D eigenvalue weighted by Crippen LogP contribution is -2.28. The first-order chi connectivity index (χ1) is 12.1. The Bertz CT molecular complexity index is 845. The molecule has 25 heavy (non-hydrogen) atoms. The SMILES string of the molecule is Cc1ccc(OCC(=O)NCc2nnc(-c3ccc(F)cc3)o2)cc1. The minimum absolute atomic E-state index is 0.0876. The van der Waals surface area contributed by atoms with Gasteiger partial charge in [0.15, 0.2) is 6.61 Å². The normalized spacial score (nSPS) is 10.5. The number of aryl methyl sites for hydroxylation is 1. The highest BCUT2D eigenvalue weighted by Gasteiger charge is 2.10. The summed E-state index contributed by atoms with van der Waals surface area (Å²) in [5.74, 6) is 0.492. The van der Waals surface area contributed by atoms with Crippen molar-refractivity contribution in [2.24, 2.45) is 0 Å². The molecule has 7 heteroatoms. The number of carbonyl (C=O) groups excluding carboxylic acids is 1. The van der Waals surface area contributed by atoms with Gasteiger partial charge in [-0.05, 0) is 43.3 Å². The molecule has 1 heterocycles. The minimum atomic E-state index is -0.343. The second kappa shape index (κ2) is 7.57. The van der Waals surface area contributed by atoms with Gasteiger partial charge in [-0.2, -0.15) is 0 Å². The van der Waals surface area contributed by atoms with Gasteiger partial charge in [-0.15, -0.1) is 10.2 Å². The van der Waals surface area contributed by atoms with Crippen molar-refractivity contribution in [2.75, 3.05) is 6.61 Å². The zero-order valence-corrected chi connectivity index (χ0v) is 13.5. The highest BCUT2D eigenvalue weighted by atomic mass is 19.1. The van der Waals surface area contributed by atoms with Gasteiger partial charge < -0.3 is 14.5 Å². The number of carbonyl (C=O) groups is 1. The maximum Gasteiger partial charge on any atom is 0.258 e. The fraction of sp³-hybridized carbons (Fsp3) is 0.167. The monoisotopic (exact) mass is 341 g/mol. The van der Waals surface area contributed by atoms with Crippen LogP contribution in [0.25, 0.3) is 11.5 Å². The van der Waals surface area contributed by atoms with E-state index in [4.69, 9.17) is 9.15 Å². The van der Waals surface area contributed by atoms with Crippen LogP contribution in [0, 0.1) is 12.7 Å². The number of ether oxygens (including phenoxy) is 1. The molecule has 2 aromatic carbocycles. The topological polar surface area (TPSA) is 77.2 Å². The third-order valence-electron chi connectivity index (χ3n) is 3.39. The number of aromatic nitrogens is 2. The van der Waals surface area contributed by atoms with E-state index in [1.165, 1.54) is 12.1 Å². The Morgan fingerprint density at radius 2 is 1.84 bits per heavy atom. The molecule has 0 aliphatic rings. The predicted octanol–water partition coefficient (Wildman–Crippen LogP) is 2.88. The van der Waals surface area contributed by atoms with Crippen LogP contribution in [-0.2, 0) is 11.3 Å². The zero-order chi connectivity index (χ0) is 17.6. The maximum atomic E-state index is 12.9. The van der Waals surface area contributed by atoms with Crippen molar-refractivity contribution in [1.29, 1.82) is 0 Å². The average molecular weight is 341 g/mol. The van der Waals surface area contributed by atoms with Crippen LogP contribution in [0.1, 0.15) is 11.5 Å². The third-order valence-corrected chi connectivity index (χ3v) is 3.39. The fourth-order valence-corrected chi connectivity index (χ4v) is 2.04. The molecule has 0 spiro atoms. The van der Waals surface area contributed by atoms with Crippen molar-refractivity contribution < 1.29 is 18.3 Å². The van der Waals surface area contributed by atoms with Gasteiger partial charge in [0, 0.05) is 5.56 Å². The molecule has 6 nitrogen and oxygen atoms in total. The summed E-state index contributed by atoms with van der Waals surface area (Å²) in [5, 5.41) is 10.4. The first-order valence-corrected chi connectivity index (χ1v) is 7.64. The fourth-order valence-electron chi connectivity index (χ4n) is 2.04. The number of hydrogen-bond acceptors (Lipinski definition) is 5. The number of nitrogens with zero attached hydrogens (tertiary/aromatic N) is 2. The van der Waals surface area contributed by atoms with Crippen LogP contribution in [0.15, 0.2) is 52.9 Å². The molecule has 0 aliphatic heterocycles. The first-order valence-electron chi connectivity index (χ1n) is 7.64. The molecule has 0 unspecified atom stereocenters. The second-order valence-electron chi connectivity index (χ2n) is 5.39. The van der Waals surface area contributed by atoms with E-state index in [1.54, 1.807) is 24.3 Å². The van der Waals surface area contributed by atoms with E-state index >= 15 is 0 Å². The molecule has 0 atom stereocenters. The van der Waals surface area contributed by atoms with Gasteiger partial charge in [0.2, 0.25) is 11.8 Å². The van der Waals surface area contributed by atoms with E-state index < -0.39 is 0 Å². The number of amides is 1. The largest absolute Gasteiger partial charge is 0.484 e. The Kier molecular flexibility index (Phi) is 5.03. The standard InChI is InChI=1S/C18H16FN3O3/c1-12-2-8-15(9-3-12)24-11-16(23)20-10-17-21-22-18(25-17)13-4-6-14(19)7-5-13/h2-9H,10-11H2,1H3,(H,20,23). The number of hydrogen-bond donors (Lipinski definition) is 1. The van der Waals surface area contributed by atoms with Crippen molar-refractivity contribution in [3.05, 3.63) is 65.8 Å². The van der Waals surface area contributed by atoms with Gasteiger partial charge in [-0.25, -0.2) is 4.39 Å². The molecule has 3 rings (SSSR count). The summed E-state index contributed by atoms with van der Waals surface area (Å²) in [4.78, 5) is 11.8. The molecule has 0 aliphatic carbocycles. The molecule has 128 valence electrons. The molecule has 1 aromatic heterocycles. The molecule has 1 N–H and O–H groups in total. The van der Waals surface area contributed by atoms with E-state index in [0.29, 0.717) is 11.3 Å². The van der Waals surface area contributed by atoms with Crippen LogP contribution in [0.5, 0.6) is 5.75 Å². The molecule has 3 aromatic rings. The van der Waals surface area contributed by atoms with Crippen molar-refractivity contribution >= 4 is 5.91 Å². The molecular formula is C18H16FN3O3. The van der Waals surface area contributed by atoms with Gasteiger partial charge in [0.05, 0.1) is 6.54 Å². The summed E-state index contributed by atoms with van der Waals surface area (Å²) in [7, 11) is 0. The van der Waals surface area contributed by atoms with Crippen LogP contribution in [0.3, 0.4) is 0 Å². The second-order valence-corrected chi connectivity index (χ2v) is 5.39. The van der Waals surface area contributed by atoms with Crippen molar-refractivity contribution in [3.8, 4) is 17.2 Å². The van der Waals surface area contributed by atoms with E-state index in [0.717, 1.165) is 5.56 Å². The summed E-state index contributed by atoms with van der Waals surface area (Å²) in [6.07, 6.45) is 0. The lowest BCUT2D eigenvalue weighted by atomic mass is 10.2. The van der Waals surface area contributed by atoms with E-state index in [2.05, 4.69) is 15.5 Å². The van der Waals surface area contributed by atoms with Gasteiger partial charge in [-0.1, -0.05) is 17.7 Å². The summed E-state index contributed by atoms with van der Waals surface area (Å²) < 4.78 is 23.7. The van der Waals surface area contributed by atoms with Gasteiger partial charge >= 0.3 is 0 Å². The van der Waals surface area contributed by atoms with Crippen molar-refractivity contribution in [2.45, 2.75) is 13.5 Å². The average Bonchev–Trinajstić information content (AvgIpc) is 3.09. The van der Waals surface area contributed by atoms with E-state index in [1.807, 2.05) is 19.1 Å². The number of nitrogens with one attached hydrogen (secondary N) is 1. The van der Waals surface area contributed by atoms with Gasteiger partial charge in [-0.3, -0.25) is 4.79 Å². The summed E-state index contributed by atoms with van der Waals surface area (Å²) >= 11 is 0. The number of rotatable bonds is 6. The molecule has 0 saturated heterocycles. The first kappa shape index (κ1) is 16.6. The Balaban J connectivity index is 1.49. The lowest BCUT2D eigenvalue weighted by molar-refractivity contribution is -0.123. The van der Waals surface area contributed by atoms with Crippen molar-refractivity contribution in [1.82, 2.24) is 15.5 Å². The molecule has 0 bridgehead atoms. The van der Waals surface area contributed by atoms with Crippen molar-refractivity contribution in [3.63, 3.8) is 0 Å². The Morgan fingerprint density at radius 3 is 2.56 bits per heavy atom. The Morgan fingerprint density at radius 1 is 1.12 bits per heavy atom. The van der Waals surface area contributed by atoms with Crippen LogP contribution in [0.2, 0.25) is 0 Å². The Labute approximate surface area is 143 Å². The van der Waals surface area contributed by atoms with Crippen LogP contribution in [0.4, 0.5) is 4.39 Å². The number of halogens is 1. The van der Waals surface area contributed by atoms with Crippen LogP contribution in [-0.4, -0.2) is 22.7 Å². The third kappa shape index (κ3) is 4.63. The maximum absolute atomic E-state index is 12.9. The lowest BCUT2D eigenvalue weighted by Gasteiger charge is -2.06. The molecular weight excluding hydrogens is 325 g/mol. The van der Waals surface area contributed by atoms with Gasteiger partial charge in [0.1, 0.15) is 11.6 Å². The summed E-state index contributed by atoms with van der Waals surface area (Å²) in [6.45, 7) is 1.95. The molecule has 0 saturated carbocycles. The molecule has 0 radical (unpaired) electrons. The van der Waals surface area contributed by atoms with E-state index in [-0.39, 0.29) is 36.7 Å². The summed E-state index contributed by atoms with van der Waals surface area (Å²) in [5.41, 5.74) is 1.72. The van der Waals surface area contributed by atoms with E-state index in [9.17, 15) is 9.18 Å². The minimum Gasteiger partial charge on any atom is -0.484 e. The van der Waals surface area contributed by atoms with Crippen LogP contribution >= 0.6 is 0 Å². The smallest absolute Gasteiger partial charge is 0.258 e. The number of benzene rings is 2. The predicted molar refractivity (Wildman–Crippen MR) is 88.2 cm³/mol. The molecule has 0 fully saturated rings. The highest BCUT2D eigenvalue weighted by Crippen LogP contribution is 2.17. The van der Waals surface area contributed by atoms with Gasteiger partial charge in [0.25, 0.3) is 5.91 Å². The Hall–Kier alpha value is -3.22. The van der Waals surface area contributed by atoms with Crippen LogP contribution < -0.4 is 10.1 Å². The summed E-state index contributed by atoms with van der Waals surface area (Å²) in [6, 6.07) is 13.1. The molecule has 1 amide bonds. The zero-order valence-electron chi connectivity index (χ0n) is 13.5. The highest BCUT2D eigenvalue weighted by molar-refractivity contribution is 5.77.